The zero-order chi connectivity index (χ0) is 17.5. The maximum atomic E-state index is 4.75. The third-order valence-electron chi connectivity index (χ3n) is 4.52. The Morgan fingerprint density at radius 1 is 1.36 bits per heavy atom. The summed E-state index contributed by atoms with van der Waals surface area (Å²) >= 11 is 2.06. The number of nitrogens with zero attached hydrogens (tertiary/aromatic N) is 3. The first-order valence-corrected chi connectivity index (χ1v) is 10.4. The van der Waals surface area contributed by atoms with Gasteiger partial charge in [0.05, 0.1) is 17.6 Å². The number of hydrogen-bond acceptors (Lipinski definition) is 3. The zero-order valence-electron chi connectivity index (χ0n) is 15.3. The quantitative estimate of drug-likeness (QED) is 0.453. The van der Waals surface area contributed by atoms with E-state index in [-0.39, 0.29) is 0 Å². The van der Waals surface area contributed by atoms with Gasteiger partial charge in [-0.1, -0.05) is 12.1 Å². The van der Waals surface area contributed by atoms with Crippen molar-refractivity contribution >= 4 is 28.8 Å². The number of hydrogen-bond donors (Lipinski definition) is 2. The molecule has 0 amide bonds. The lowest BCUT2D eigenvalue weighted by Gasteiger charge is -2.13. The summed E-state index contributed by atoms with van der Waals surface area (Å²) in [6.45, 7) is 7.90. The van der Waals surface area contributed by atoms with E-state index in [1.54, 1.807) is 0 Å². The zero-order valence-corrected chi connectivity index (χ0v) is 16.1. The predicted molar refractivity (Wildman–Crippen MR) is 109 cm³/mol. The summed E-state index contributed by atoms with van der Waals surface area (Å²) in [6, 6.07) is 8.35. The fraction of sp³-hybridized carbons (Fsp3) is 0.579. The predicted octanol–water partition coefficient (Wildman–Crippen LogP) is 3.19. The van der Waals surface area contributed by atoms with Gasteiger partial charge in [-0.15, -0.1) is 0 Å². The lowest BCUT2D eigenvalue weighted by Crippen LogP contribution is -2.38. The van der Waals surface area contributed by atoms with Crippen LogP contribution in [0, 0.1) is 6.92 Å². The minimum atomic E-state index is 0.704. The van der Waals surface area contributed by atoms with E-state index < -0.39 is 0 Å². The van der Waals surface area contributed by atoms with Crippen molar-refractivity contribution in [3.05, 3.63) is 30.1 Å². The first kappa shape index (κ1) is 18.1. The molecule has 6 heteroatoms. The van der Waals surface area contributed by atoms with Gasteiger partial charge < -0.3 is 15.2 Å². The van der Waals surface area contributed by atoms with Gasteiger partial charge in [0.1, 0.15) is 5.82 Å². The first-order chi connectivity index (χ1) is 12.3. The lowest BCUT2D eigenvalue weighted by molar-refractivity contribution is 0.624. The molecule has 1 aliphatic rings. The SMILES string of the molecule is CCNC(=NCC1CCCS1)NCCCn1c(C)nc2ccccc21. The van der Waals surface area contributed by atoms with Crippen LogP contribution in [0.4, 0.5) is 0 Å². The molecule has 5 nitrogen and oxygen atoms in total. The van der Waals surface area contributed by atoms with Crippen molar-refractivity contribution in [3.63, 3.8) is 0 Å². The van der Waals surface area contributed by atoms with E-state index in [4.69, 9.17) is 4.99 Å². The number of guanidine groups is 1. The second kappa shape index (κ2) is 9.13. The maximum Gasteiger partial charge on any atom is 0.191 e. The highest BCUT2D eigenvalue weighted by molar-refractivity contribution is 8.00. The van der Waals surface area contributed by atoms with E-state index in [1.165, 1.54) is 24.1 Å². The van der Waals surface area contributed by atoms with Crippen molar-refractivity contribution in [3.8, 4) is 0 Å². The molecule has 1 aliphatic heterocycles. The van der Waals surface area contributed by atoms with Crippen molar-refractivity contribution in [2.24, 2.45) is 4.99 Å². The second-order valence-electron chi connectivity index (χ2n) is 6.43. The van der Waals surface area contributed by atoms with Gasteiger partial charge in [-0.05, 0) is 51.0 Å². The molecule has 1 atom stereocenters. The molecular formula is C19H29N5S. The van der Waals surface area contributed by atoms with Gasteiger partial charge in [0, 0.05) is 24.9 Å². The van der Waals surface area contributed by atoms with Gasteiger partial charge in [-0.3, -0.25) is 4.99 Å². The number of rotatable bonds is 7. The summed E-state index contributed by atoms with van der Waals surface area (Å²) in [6.07, 6.45) is 3.69. The maximum absolute atomic E-state index is 4.75. The molecule has 0 saturated carbocycles. The number of fused-ring (bicyclic) bond motifs is 1. The normalized spacial score (nSPS) is 18.0. The molecule has 2 aromatic rings. The van der Waals surface area contributed by atoms with E-state index in [9.17, 15) is 0 Å². The van der Waals surface area contributed by atoms with Gasteiger partial charge in [0.25, 0.3) is 0 Å². The smallest absolute Gasteiger partial charge is 0.191 e. The van der Waals surface area contributed by atoms with Crippen LogP contribution in [0.5, 0.6) is 0 Å². The van der Waals surface area contributed by atoms with Crippen LogP contribution in [-0.4, -0.2) is 46.1 Å². The fourth-order valence-corrected chi connectivity index (χ4v) is 4.43. The average Bonchev–Trinajstić information content (AvgIpc) is 3.24. The molecular weight excluding hydrogens is 330 g/mol. The van der Waals surface area contributed by atoms with Crippen molar-refractivity contribution in [1.82, 2.24) is 20.2 Å². The number of aryl methyl sites for hydroxylation is 2. The molecule has 25 heavy (non-hydrogen) atoms. The van der Waals surface area contributed by atoms with E-state index in [0.717, 1.165) is 49.9 Å². The summed E-state index contributed by atoms with van der Waals surface area (Å²) < 4.78 is 2.30. The monoisotopic (exact) mass is 359 g/mol. The third-order valence-corrected chi connectivity index (χ3v) is 5.90. The Balaban J connectivity index is 1.49. The van der Waals surface area contributed by atoms with Gasteiger partial charge in [0.15, 0.2) is 5.96 Å². The number of aromatic nitrogens is 2. The van der Waals surface area contributed by atoms with Crippen LogP contribution in [0.2, 0.25) is 0 Å². The Labute approximate surface area is 154 Å². The third kappa shape index (κ3) is 4.91. The van der Waals surface area contributed by atoms with E-state index in [1.807, 2.05) is 6.07 Å². The molecule has 2 heterocycles. The first-order valence-electron chi connectivity index (χ1n) is 9.33. The van der Waals surface area contributed by atoms with Crippen molar-refractivity contribution in [2.45, 2.75) is 44.9 Å². The molecule has 0 bridgehead atoms. The van der Waals surface area contributed by atoms with E-state index >= 15 is 0 Å². The minimum Gasteiger partial charge on any atom is -0.357 e. The van der Waals surface area contributed by atoms with Crippen molar-refractivity contribution in [2.75, 3.05) is 25.4 Å². The number of para-hydroxylation sites is 2. The lowest BCUT2D eigenvalue weighted by atomic mass is 10.2. The summed E-state index contributed by atoms with van der Waals surface area (Å²) in [4.78, 5) is 9.39. The van der Waals surface area contributed by atoms with Crippen LogP contribution in [0.15, 0.2) is 29.3 Å². The summed E-state index contributed by atoms with van der Waals surface area (Å²) in [5.41, 5.74) is 2.30. The molecule has 1 aromatic heterocycles. The highest BCUT2D eigenvalue weighted by Crippen LogP contribution is 2.26. The van der Waals surface area contributed by atoms with Crippen LogP contribution >= 0.6 is 11.8 Å². The Hall–Kier alpha value is -1.69. The van der Waals surface area contributed by atoms with Crippen molar-refractivity contribution in [1.29, 1.82) is 0 Å². The fourth-order valence-electron chi connectivity index (χ4n) is 3.25. The number of benzene rings is 1. The molecule has 0 spiro atoms. The molecule has 1 saturated heterocycles. The topological polar surface area (TPSA) is 54.2 Å². The Bertz CT molecular complexity index is 703. The number of aliphatic imine (C=N–C) groups is 1. The van der Waals surface area contributed by atoms with E-state index in [0.29, 0.717) is 5.25 Å². The van der Waals surface area contributed by atoms with Crippen LogP contribution in [0.1, 0.15) is 32.0 Å². The van der Waals surface area contributed by atoms with Crippen LogP contribution < -0.4 is 10.6 Å². The molecule has 3 rings (SSSR count). The summed E-state index contributed by atoms with van der Waals surface area (Å²) in [5.74, 6) is 3.32. The molecule has 0 radical (unpaired) electrons. The molecule has 1 unspecified atom stereocenters. The van der Waals surface area contributed by atoms with Crippen molar-refractivity contribution < 1.29 is 0 Å². The number of thioether (sulfide) groups is 1. The summed E-state index contributed by atoms with van der Waals surface area (Å²) in [5, 5.41) is 7.53. The Morgan fingerprint density at radius 3 is 3.04 bits per heavy atom. The standard InChI is InChI=1S/C19H29N5S/c1-3-20-19(22-14-16-8-6-13-25-16)21-11-7-12-24-15(2)23-17-9-4-5-10-18(17)24/h4-5,9-10,16H,3,6-8,11-14H2,1-2H3,(H2,20,21,22). The molecule has 2 N–H and O–H groups in total. The molecule has 136 valence electrons. The number of imidazole rings is 1. The minimum absolute atomic E-state index is 0.704. The Morgan fingerprint density at radius 2 is 2.24 bits per heavy atom. The molecule has 0 aliphatic carbocycles. The van der Waals surface area contributed by atoms with Crippen LogP contribution in [0.3, 0.4) is 0 Å². The van der Waals surface area contributed by atoms with Crippen LogP contribution in [-0.2, 0) is 6.54 Å². The van der Waals surface area contributed by atoms with Gasteiger partial charge in [-0.2, -0.15) is 11.8 Å². The van der Waals surface area contributed by atoms with Crippen LogP contribution in [0.25, 0.3) is 11.0 Å². The van der Waals surface area contributed by atoms with E-state index in [2.05, 4.69) is 64.0 Å². The highest BCUT2D eigenvalue weighted by Gasteiger charge is 2.15. The largest absolute Gasteiger partial charge is 0.357 e. The Kier molecular flexibility index (Phi) is 6.62. The van der Waals surface area contributed by atoms with Gasteiger partial charge in [-0.25, -0.2) is 4.98 Å². The average molecular weight is 360 g/mol. The van der Waals surface area contributed by atoms with Gasteiger partial charge >= 0.3 is 0 Å². The number of nitrogens with one attached hydrogen (secondary N) is 2. The molecule has 1 aromatic carbocycles. The summed E-state index contributed by atoms with van der Waals surface area (Å²) in [7, 11) is 0. The van der Waals surface area contributed by atoms with Gasteiger partial charge in [0.2, 0.25) is 0 Å². The highest BCUT2D eigenvalue weighted by atomic mass is 32.2. The second-order valence-corrected chi connectivity index (χ2v) is 7.84. The molecule has 1 fully saturated rings.